The number of carbonyl (C=O) groups excluding carboxylic acids is 2. The topological polar surface area (TPSA) is 82.8 Å². The minimum Gasteiger partial charge on any atom is -0.459 e. The van der Waals surface area contributed by atoms with Gasteiger partial charge in [0.1, 0.15) is 6.04 Å². The molecule has 3 rings (SSSR count). The summed E-state index contributed by atoms with van der Waals surface area (Å²) in [5.74, 6) is -0.146. The largest absolute Gasteiger partial charge is 0.459 e. The van der Waals surface area contributed by atoms with Crippen molar-refractivity contribution >= 4 is 11.8 Å². The third-order valence-electron chi connectivity index (χ3n) is 4.61. The Balaban J connectivity index is 1.64. The minimum absolute atomic E-state index is 0.164. The van der Waals surface area contributed by atoms with Gasteiger partial charge in [0.15, 0.2) is 5.76 Å². The monoisotopic (exact) mass is 306 g/mol. The molecule has 6 nitrogen and oxygen atoms in total. The van der Waals surface area contributed by atoms with Crippen molar-refractivity contribution in [1.29, 1.82) is 0 Å². The summed E-state index contributed by atoms with van der Waals surface area (Å²) in [4.78, 5) is 26.5. The average molecular weight is 306 g/mol. The second-order valence-electron chi connectivity index (χ2n) is 6.10. The molecule has 0 bridgehead atoms. The highest BCUT2D eigenvalue weighted by Crippen LogP contribution is 2.23. The molecule has 0 aromatic carbocycles. The van der Waals surface area contributed by atoms with Crippen LogP contribution in [0.2, 0.25) is 0 Å². The standard InChI is InChI=1S/C16H22N2O4/c19-13-7-2-1-5-11(13)17-15(20)12-6-3-9-18(12)16(21)14-8-4-10-22-14/h4,8,10-13,19H,1-3,5-7,9H2,(H,17,20). The third-order valence-corrected chi connectivity index (χ3v) is 4.61. The maximum atomic E-state index is 12.5. The maximum Gasteiger partial charge on any atom is 0.290 e. The van der Waals surface area contributed by atoms with Crippen LogP contribution < -0.4 is 5.32 Å². The highest BCUT2D eigenvalue weighted by atomic mass is 16.3. The molecule has 1 aromatic rings. The quantitative estimate of drug-likeness (QED) is 0.882. The summed E-state index contributed by atoms with van der Waals surface area (Å²) >= 11 is 0. The fourth-order valence-corrected chi connectivity index (χ4v) is 3.38. The molecule has 3 unspecified atom stereocenters. The van der Waals surface area contributed by atoms with Gasteiger partial charge in [0.25, 0.3) is 5.91 Å². The first kappa shape index (κ1) is 15.1. The van der Waals surface area contributed by atoms with Crippen molar-refractivity contribution in [2.75, 3.05) is 6.54 Å². The molecule has 1 saturated heterocycles. The Kier molecular flexibility index (Phi) is 4.47. The van der Waals surface area contributed by atoms with Crippen LogP contribution in [0.5, 0.6) is 0 Å². The smallest absolute Gasteiger partial charge is 0.290 e. The van der Waals surface area contributed by atoms with Crippen molar-refractivity contribution < 1.29 is 19.1 Å². The fourth-order valence-electron chi connectivity index (χ4n) is 3.38. The van der Waals surface area contributed by atoms with Gasteiger partial charge in [-0.1, -0.05) is 12.8 Å². The van der Waals surface area contributed by atoms with Crippen molar-refractivity contribution in [2.45, 2.75) is 56.7 Å². The van der Waals surface area contributed by atoms with E-state index in [2.05, 4.69) is 5.32 Å². The molecule has 1 aliphatic carbocycles. The van der Waals surface area contributed by atoms with Crippen LogP contribution in [0.15, 0.2) is 22.8 Å². The molecular formula is C16H22N2O4. The molecule has 3 atom stereocenters. The Morgan fingerprint density at radius 3 is 2.77 bits per heavy atom. The first-order valence-corrected chi connectivity index (χ1v) is 8.00. The van der Waals surface area contributed by atoms with Crippen LogP contribution in [0.3, 0.4) is 0 Å². The molecule has 120 valence electrons. The van der Waals surface area contributed by atoms with Crippen LogP contribution in [0.1, 0.15) is 49.1 Å². The molecule has 1 aliphatic heterocycles. The molecule has 2 N–H and O–H groups in total. The predicted molar refractivity (Wildman–Crippen MR) is 79.2 cm³/mol. The lowest BCUT2D eigenvalue weighted by Gasteiger charge is -2.31. The summed E-state index contributed by atoms with van der Waals surface area (Å²) in [6.45, 7) is 0.560. The third kappa shape index (κ3) is 3.02. The van der Waals surface area contributed by atoms with E-state index in [1.54, 1.807) is 17.0 Å². The van der Waals surface area contributed by atoms with Crippen LogP contribution in [0.25, 0.3) is 0 Å². The lowest BCUT2D eigenvalue weighted by atomic mass is 9.92. The number of nitrogens with one attached hydrogen (secondary N) is 1. The number of aliphatic hydroxyl groups excluding tert-OH is 1. The molecule has 6 heteroatoms. The van der Waals surface area contributed by atoms with Crippen LogP contribution in [0.4, 0.5) is 0 Å². The molecule has 0 radical (unpaired) electrons. The van der Waals surface area contributed by atoms with Crippen molar-refractivity contribution in [3.8, 4) is 0 Å². The number of rotatable bonds is 3. The lowest BCUT2D eigenvalue weighted by molar-refractivity contribution is -0.126. The van der Waals surface area contributed by atoms with Crippen molar-refractivity contribution in [1.82, 2.24) is 10.2 Å². The Morgan fingerprint density at radius 1 is 1.23 bits per heavy atom. The van der Waals surface area contributed by atoms with Gasteiger partial charge in [-0.2, -0.15) is 0 Å². The van der Waals surface area contributed by atoms with Gasteiger partial charge in [0, 0.05) is 6.54 Å². The van der Waals surface area contributed by atoms with E-state index in [1.165, 1.54) is 6.26 Å². The van der Waals surface area contributed by atoms with E-state index < -0.39 is 12.1 Å². The van der Waals surface area contributed by atoms with Gasteiger partial charge in [-0.05, 0) is 37.8 Å². The summed E-state index contributed by atoms with van der Waals surface area (Å²) < 4.78 is 5.14. The number of carbonyl (C=O) groups is 2. The second-order valence-corrected chi connectivity index (χ2v) is 6.10. The molecule has 0 spiro atoms. The number of amides is 2. The number of nitrogens with zero attached hydrogens (tertiary/aromatic N) is 1. The SMILES string of the molecule is O=C(NC1CCCCC1O)C1CCCN1C(=O)c1ccco1. The first-order chi connectivity index (χ1) is 10.7. The fraction of sp³-hybridized carbons (Fsp3) is 0.625. The normalized spacial score (nSPS) is 28.6. The molecule has 1 aromatic heterocycles. The lowest BCUT2D eigenvalue weighted by Crippen LogP contribution is -2.52. The zero-order valence-corrected chi connectivity index (χ0v) is 12.5. The molecule has 1 saturated carbocycles. The summed E-state index contributed by atoms with van der Waals surface area (Å²) in [6, 6.07) is 2.62. The van der Waals surface area contributed by atoms with Gasteiger partial charge in [0.05, 0.1) is 18.4 Å². The minimum atomic E-state index is -0.478. The number of hydrogen-bond donors (Lipinski definition) is 2. The van der Waals surface area contributed by atoms with Crippen LogP contribution in [-0.2, 0) is 4.79 Å². The van der Waals surface area contributed by atoms with E-state index >= 15 is 0 Å². The van der Waals surface area contributed by atoms with Gasteiger partial charge >= 0.3 is 0 Å². The summed E-state index contributed by atoms with van der Waals surface area (Å²) in [6.07, 6.45) is 5.97. The van der Waals surface area contributed by atoms with E-state index in [-0.39, 0.29) is 23.6 Å². The van der Waals surface area contributed by atoms with Gasteiger partial charge < -0.3 is 19.7 Å². The van der Waals surface area contributed by atoms with Gasteiger partial charge in [-0.3, -0.25) is 9.59 Å². The van der Waals surface area contributed by atoms with E-state index in [1.807, 2.05) is 0 Å². The molecule has 2 fully saturated rings. The van der Waals surface area contributed by atoms with Crippen LogP contribution >= 0.6 is 0 Å². The van der Waals surface area contributed by atoms with Crippen molar-refractivity contribution in [2.24, 2.45) is 0 Å². The Hall–Kier alpha value is -1.82. The van der Waals surface area contributed by atoms with Crippen molar-refractivity contribution in [3.05, 3.63) is 24.2 Å². The number of furan rings is 1. The molecular weight excluding hydrogens is 284 g/mol. The summed E-state index contributed by atoms with van der Waals surface area (Å²) in [7, 11) is 0. The van der Waals surface area contributed by atoms with Gasteiger partial charge in [-0.15, -0.1) is 0 Å². The van der Waals surface area contributed by atoms with Crippen LogP contribution in [0, 0.1) is 0 Å². The average Bonchev–Trinajstić information content (AvgIpc) is 3.20. The molecule has 2 amide bonds. The van der Waals surface area contributed by atoms with E-state index in [9.17, 15) is 14.7 Å². The second kappa shape index (κ2) is 6.52. The zero-order valence-electron chi connectivity index (χ0n) is 12.5. The first-order valence-electron chi connectivity index (χ1n) is 8.00. The maximum absolute atomic E-state index is 12.5. The van der Waals surface area contributed by atoms with Crippen LogP contribution in [-0.4, -0.2) is 46.6 Å². The van der Waals surface area contributed by atoms with E-state index in [0.717, 1.165) is 32.1 Å². The predicted octanol–water partition coefficient (Wildman–Crippen LogP) is 1.30. The Morgan fingerprint density at radius 2 is 2.05 bits per heavy atom. The Labute approximate surface area is 129 Å². The summed E-state index contributed by atoms with van der Waals surface area (Å²) in [5.41, 5.74) is 0. The molecule has 2 heterocycles. The highest BCUT2D eigenvalue weighted by molar-refractivity contribution is 5.96. The Bertz CT molecular complexity index is 528. The highest BCUT2D eigenvalue weighted by Gasteiger charge is 2.37. The summed E-state index contributed by atoms with van der Waals surface area (Å²) in [5, 5.41) is 12.9. The molecule has 22 heavy (non-hydrogen) atoms. The van der Waals surface area contributed by atoms with Crippen molar-refractivity contribution in [3.63, 3.8) is 0 Å². The van der Waals surface area contributed by atoms with E-state index in [0.29, 0.717) is 13.0 Å². The number of hydrogen-bond acceptors (Lipinski definition) is 4. The van der Waals surface area contributed by atoms with Gasteiger partial charge in [-0.25, -0.2) is 0 Å². The number of likely N-dealkylation sites (tertiary alicyclic amines) is 1. The molecule has 2 aliphatic rings. The van der Waals surface area contributed by atoms with Gasteiger partial charge in [0.2, 0.25) is 5.91 Å². The van der Waals surface area contributed by atoms with E-state index in [4.69, 9.17) is 4.42 Å². The number of aliphatic hydroxyl groups is 1. The zero-order chi connectivity index (χ0) is 15.5.